The first kappa shape index (κ1) is 19.4. The van der Waals surface area contributed by atoms with Crippen LogP contribution >= 0.6 is 0 Å². The van der Waals surface area contributed by atoms with Gasteiger partial charge in [-0.15, -0.1) is 0 Å². The fraction of sp³-hybridized carbons (Fsp3) is 0.913. The van der Waals surface area contributed by atoms with Gasteiger partial charge in [-0.1, -0.05) is 26.7 Å². The minimum absolute atomic E-state index is 0.290. The van der Waals surface area contributed by atoms with E-state index in [1.807, 2.05) is 0 Å². The maximum Gasteiger partial charge on any atom is 0.303 e. The summed E-state index contributed by atoms with van der Waals surface area (Å²) in [6, 6.07) is 0. The summed E-state index contributed by atoms with van der Waals surface area (Å²) < 4.78 is 4.95. The van der Waals surface area contributed by atoms with Gasteiger partial charge in [0.25, 0.3) is 0 Å². The van der Waals surface area contributed by atoms with Crippen LogP contribution in [-0.2, 0) is 14.3 Å². The Kier molecular flexibility index (Phi) is 4.73. The van der Waals surface area contributed by atoms with Crippen LogP contribution in [0.15, 0.2) is 0 Å². The second-order valence-corrected chi connectivity index (χ2v) is 10.5. The highest BCUT2D eigenvalue weighted by Gasteiger charge is 2.66. The summed E-state index contributed by atoms with van der Waals surface area (Å²) in [4.78, 5) is 24.0. The molecule has 4 saturated carbocycles. The molecule has 1 N–H and O–H groups in total. The molecule has 4 heteroatoms. The molecular weight excluding hydrogens is 340 g/mol. The third-order valence-corrected chi connectivity index (χ3v) is 9.60. The van der Waals surface area contributed by atoms with Gasteiger partial charge in [0.1, 0.15) is 5.60 Å². The van der Waals surface area contributed by atoms with Gasteiger partial charge in [0.15, 0.2) is 6.61 Å². The van der Waals surface area contributed by atoms with Crippen molar-refractivity contribution in [3.05, 3.63) is 0 Å². The highest BCUT2D eigenvalue weighted by Crippen LogP contribution is 2.68. The Labute approximate surface area is 163 Å². The first-order valence-corrected chi connectivity index (χ1v) is 11.1. The predicted molar refractivity (Wildman–Crippen MR) is 103 cm³/mol. The van der Waals surface area contributed by atoms with E-state index in [9.17, 15) is 14.7 Å². The number of aliphatic hydroxyl groups is 1. The normalized spacial score (nSPS) is 48.9. The molecule has 4 rings (SSSR count). The summed E-state index contributed by atoms with van der Waals surface area (Å²) in [7, 11) is 0. The van der Waals surface area contributed by atoms with E-state index in [2.05, 4.69) is 13.8 Å². The molecule has 4 aliphatic rings. The number of ketones is 1. The van der Waals surface area contributed by atoms with E-state index in [0.29, 0.717) is 23.7 Å². The number of esters is 1. The Balaban J connectivity index is 1.58. The Bertz CT molecular complexity index is 630. The van der Waals surface area contributed by atoms with E-state index in [1.54, 1.807) is 0 Å². The fourth-order valence-electron chi connectivity index (χ4n) is 8.06. The van der Waals surface area contributed by atoms with Crippen molar-refractivity contribution < 1.29 is 19.4 Å². The van der Waals surface area contributed by atoms with Crippen molar-refractivity contribution in [2.75, 3.05) is 6.61 Å². The van der Waals surface area contributed by atoms with Gasteiger partial charge in [0, 0.05) is 12.3 Å². The van der Waals surface area contributed by atoms with E-state index in [1.165, 1.54) is 45.4 Å². The maximum atomic E-state index is 12.9. The van der Waals surface area contributed by atoms with E-state index >= 15 is 0 Å². The number of ether oxygens (including phenoxy) is 1. The monoisotopic (exact) mass is 376 g/mol. The van der Waals surface area contributed by atoms with Crippen molar-refractivity contribution in [3.63, 3.8) is 0 Å². The van der Waals surface area contributed by atoms with Crippen molar-refractivity contribution in [2.45, 2.75) is 90.6 Å². The lowest BCUT2D eigenvalue weighted by molar-refractivity contribution is -0.174. The van der Waals surface area contributed by atoms with Gasteiger partial charge in [-0.25, -0.2) is 0 Å². The second-order valence-electron chi connectivity index (χ2n) is 10.5. The lowest BCUT2D eigenvalue weighted by atomic mass is 9.44. The van der Waals surface area contributed by atoms with Crippen LogP contribution in [0.1, 0.15) is 85.0 Å². The fourth-order valence-corrected chi connectivity index (χ4v) is 8.06. The molecule has 0 heterocycles. The zero-order chi connectivity index (χ0) is 19.4. The number of fused-ring (bicyclic) bond motifs is 5. The van der Waals surface area contributed by atoms with Gasteiger partial charge in [0.2, 0.25) is 5.78 Å². The molecule has 0 spiro atoms. The van der Waals surface area contributed by atoms with E-state index in [0.717, 1.165) is 31.1 Å². The molecule has 0 bridgehead atoms. The topological polar surface area (TPSA) is 63.6 Å². The molecule has 0 aromatic carbocycles. The van der Waals surface area contributed by atoms with Crippen LogP contribution in [0.25, 0.3) is 0 Å². The van der Waals surface area contributed by atoms with Crippen LogP contribution in [0, 0.1) is 34.5 Å². The Morgan fingerprint density at radius 2 is 1.70 bits per heavy atom. The molecule has 152 valence electrons. The molecule has 4 fully saturated rings. The lowest BCUT2D eigenvalue weighted by Gasteiger charge is -2.61. The third-order valence-electron chi connectivity index (χ3n) is 9.60. The molecule has 0 radical (unpaired) electrons. The zero-order valence-corrected chi connectivity index (χ0v) is 17.3. The number of hydrogen-bond donors (Lipinski definition) is 1. The molecular formula is C23H36O4. The lowest BCUT2D eigenvalue weighted by Crippen LogP contribution is -2.59. The Morgan fingerprint density at radius 1 is 0.963 bits per heavy atom. The highest BCUT2D eigenvalue weighted by molar-refractivity contribution is 5.90. The van der Waals surface area contributed by atoms with Gasteiger partial charge in [-0.05, 0) is 80.5 Å². The number of Topliss-reactive ketones (excluding diaryl/α,β-unsaturated/α-hetero) is 1. The molecule has 4 nitrogen and oxygen atoms in total. The first-order chi connectivity index (χ1) is 12.7. The zero-order valence-electron chi connectivity index (χ0n) is 17.3. The largest absolute Gasteiger partial charge is 0.458 e. The van der Waals surface area contributed by atoms with E-state index in [4.69, 9.17) is 4.74 Å². The van der Waals surface area contributed by atoms with Crippen LogP contribution in [-0.4, -0.2) is 29.1 Å². The summed E-state index contributed by atoms with van der Waals surface area (Å²) in [6.07, 6.45) is 11.6. The number of hydrogen-bond acceptors (Lipinski definition) is 4. The molecule has 0 amide bonds. The molecule has 27 heavy (non-hydrogen) atoms. The maximum absolute atomic E-state index is 12.9. The standard InChI is InChI=1S/C23H36O4/c1-15(24)27-14-20(25)23(26)13-10-19-17-8-7-16-6-4-5-11-21(16,2)18(17)9-12-22(19,23)3/h16-19,26H,4-14H2,1-3H3/t16?,17-,18+,19+,21+,22+,23+/m1/s1. The SMILES string of the molecule is CC(=O)OCC(=O)[C@@]1(O)CC[C@H]2[C@@H]3CCC4CCCC[C@]4(C)[C@H]3CC[C@@]21C. The minimum atomic E-state index is -1.33. The van der Waals surface area contributed by atoms with Crippen molar-refractivity contribution in [3.8, 4) is 0 Å². The average Bonchev–Trinajstić information content (AvgIpc) is 2.91. The summed E-state index contributed by atoms with van der Waals surface area (Å²) in [6.45, 7) is 5.71. The second kappa shape index (κ2) is 6.57. The number of carbonyl (C=O) groups excluding carboxylic acids is 2. The van der Waals surface area contributed by atoms with Crippen LogP contribution < -0.4 is 0 Å². The molecule has 0 aliphatic heterocycles. The van der Waals surface area contributed by atoms with Gasteiger partial charge < -0.3 is 9.84 Å². The van der Waals surface area contributed by atoms with Gasteiger partial charge >= 0.3 is 5.97 Å². The minimum Gasteiger partial charge on any atom is -0.458 e. The molecule has 1 unspecified atom stereocenters. The first-order valence-electron chi connectivity index (χ1n) is 11.1. The molecule has 0 aromatic rings. The summed E-state index contributed by atoms with van der Waals surface area (Å²) in [5.41, 5.74) is -1.24. The van der Waals surface area contributed by atoms with Crippen molar-refractivity contribution >= 4 is 11.8 Å². The van der Waals surface area contributed by atoms with Crippen LogP contribution in [0.3, 0.4) is 0 Å². The van der Waals surface area contributed by atoms with Crippen molar-refractivity contribution in [1.29, 1.82) is 0 Å². The van der Waals surface area contributed by atoms with Gasteiger partial charge in [-0.2, -0.15) is 0 Å². The summed E-state index contributed by atoms with van der Waals surface area (Å²) in [5.74, 6) is 1.93. The molecule has 4 aliphatic carbocycles. The van der Waals surface area contributed by atoms with Crippen molar-refractivity contribution in [2.24, 2.45) is 34.5 Å². The quantitative estimate of drug-likeness (QED) is 0.747. The predicted octanol–water partition coefficient (Wildman–Crippen LogP) is 4.28. The van der Waals surface area contributed by atoms with E-state index in [-0.39, 0.29) is 17.8 Å². The van der Waals surface area contributed by atoms with Crippen molar-refractivity contribution in [1.82, 2.24) is 0 Å². The number of rotatable bonds is 3. The summed E-state index contributed by atoms with van der Waals surface area (Å²) in [5, 5.41) is 11.5. The Hall–Kier alpha value is -0.900. The molecule has 0 aromatic heterocycles. The van der Waals surface area contributed by atoms with Gasteiger partial charge in [0.05, 0.1) is 0 Å². The third kappa shape index (κ3) is 2.73. The summed E-state index contributed by atoms with van der Waals surface area (Å²) >= 11 is 0. The van der Waals surface area contributed by atoms with Crippen LogP contribution in [0.5, 0.6) is 0 Å². The van der Waals surface area contributed by atoms with E-state index < -0.39 is 11.6 Å². The molecule has 7 atom stereocenters. The van der Waals surface area contributed by atoms with Gasteiger partial charge in [-0.3, -0.25) is 9.59 Å². The molecule has 0 saturated heterocycles. The smallest absolute Gasteiger partial charge is 0.303 e. The van der Waals surface area contributed by atoms with Crippen LogP contribution in [0.4, 0.5) is 0 Å². The Morgan fingerprint density at radius 3 is 2.44 bits per heavy atom. The average molecular weight is 377 g/mol. The van der Waals surface area contributed by atoms with Crippen LogP contribution in [0.2, 0.25) is 0 Å². The highest BCUT2D eigenvalue weighted by atomic mass is 16.5. The number of carbonyl (C=O) groups is 2.